The fourth-order valence-electron chi connectivity index (χ4n) is 1.72. The second-order valence-corrected chi connectivity index (χ2v) is 3.90. The van der Waals surface area contributed by atoms with E-state index in [4.69, 9.17) is 11.0 Å². The highest BCUT2D eigenvalue weighted by atomic mass is 15.5. The summed E-state index contributed by atoms with van der Waals surface area (Å²) < 4.78 is 0. The van der Waals surface area contributed by atoms with E-state index in [0.29, 0.717) is 11.3 Å². The highest BCUT2D eigenvalue weighted by Crippen LogP contribution is 2.15. The van der Waals surface area contributed by atoms with Crippen LogP contribution in [0.3, 0.4) is 0 Å². The van der Waals surface area contributed by atoms with Gasteiger partial charge in [0, 0.05) is 5.69 Å². The number of hydrogen-bond acceptors (Lipinski definition) is 4. The average molecular weight is 235 g/mol. The number of benzene rings is 2. The normalized spacial score (nSPS) is 10.4. The van der Waals surface area contributed by atoms with Gasteiger partial charge in [-0.1, -0.05) is 0 Å². The van der Waals surface area contributed by atoms with Crippen molar-refractivity contribution in [1.82, 2.24) is 15.0 Å². The molecule has 0 fully saturated rings. The predicted octanol–water partition coefficient (Wildman–Crippen LogP) is 1.87. The first-order valence-corrected chi connectivity index (χ1v) is 5.39. The highest BCUT2D eigenvalue weighted by molar-refractivity contribution is 5.77. The molecule has 3 aromatic rings. The van der Waals surface area contributed by atoms with Gasteiger partial charge in [0.2, 0.25) is 0 Å². The molecule has 1 heterocycles. The van der Waals surface area contributed by atoms with E-state index in [1.54, 1.807) is 36.4 Å². The summed E-state index contributed by atoms with van der Waals surface area (Å²) in [5.41, 5.74) is 9.31. The van der Waals surface area contributed by atoms with Crippen molar-refractivity contribution in [2.24, 2.45) is 0 Å². The molecule has 3 rings (SSSR count). The second kappa shape index (κ2) is 3.86. The molecule has 0 saturated carbocycles. The quantitative estimate of drug-likeness (QED) is 0.653. The largest absolute Gasteiger partial charge is 0.399 e. The van der Waals surface area contributed by atoms with Crippen molar-refractivity contribution in [3.8, 4) is 11.8 Å². The Labute approximate surface area is 103 Å². The molecule has 0 bridgehead atoms. The summed E-state index contributed by atoms with van der Waals surface area (Å²) in [6.45, 7) is 0. The zero-order valence-electron chi connectivity index (χ0n) is 9.41. The van der Waals surface area contributed by atoms with Crippen LogP contribution in [-0.2, 0) is 0 Å². The molecular weight excluding hydrogens is 226 g/mol. The van der Waals surface area contributed by atoms with E-state index in [2.05, 4.69) is 16.3 Å². The first-order valence-electron chi connectivity index (χ1n) is 5.39. The van der Waals surface area contributed by atoms with Crippen molar-refractivity contribution >= 4 is 16.7 Å². The minimum atomic E-state index is 0.611. The summed E-state index contributed by atoms with van der Waals surface area (Å²) in [6.07, 6.45) is 0. The van der Waals surface area contributed by atoms with Gasteiger partial charge in [0.1, 0.15) is 11.0 Å². The van der Waals surface area contributed by atoms with Crippen molar-refractivity contribution < 1.29 is 0 Å². The Hall–Kier alpha value is -2.87. The number of nitrogens with two attached hydrogens (primary N) is 1. The highest BCUT2D eigenvalue weighted by Gasteiger charge is 2.04. The number of nitrogen functional groups attached to an aromatic ring is 1. The van der Waals surface area contributed by atoms with Gasteiger partial charge in [0.05, 0.1) is 17.3 Å². The standard InChI is InChI=1S/C13H9N5/c14-8-9-1-4-11(5-2-9)18-16-12-6-3-10(15)7-13(12)17-18/h1-7H,15H2. The zero-order valence-corrected chi connectivity index (χ0v) is 9.41. The van der Waals surface area contributed by atoms with Crippen LogP contribution in [0.1, 0.15) is 5.56 Å². The summed E-state index contributed by atoms with van der Waals surface area (Å²) in [5, 5.41) is 17.4. The molecule has 2 aromatic carbocycles. The molecule has 0 spiro atoms. The lowest BCUT2D eigenvalue weighted by molar-refractivity contribution is 0.765. The molecule has 1 aromatic heterocycles. The molecule has 86 valence electrons. The number of nitriles is 1. The lowest BCUT2D eigenvalue weighted by atomic mass is 10.2. The van der Waals surface area contributed by atoms with Crippen LogP contribution in [0.5, 0.6) is 0 Å². The maximum absolute atomic E-state index is 8.74. The number of anilines is 1. The molecule has 0 amide bonds. The Kier molecular flexibility index (Phi) is 2.21. The molecule has 18 heavy (non-hydrogen) atoms. The fraction of sp³-hybridized carbons (Fsp3) is 0. The Morgan fingerprint density at radius 2 is 1.72 bits per heavy atom. The van der Waals surface area contributed by atoms with Gasteiger partial charge in [-0.2, -0.15) is 10.1 Å². The molecule has 0 unspecified atom stereocenters. The predicted molar refractivity (Wildman–Crippen MR) is 68.0 cm³/mol. The average Bonchev–Trinajstić information content (AvgIpc) is 2.81. The second-order valence-electron chi connectivity index (χ2n) is 3.90. The minimum absolute atomic E-state index is 0.611. The Bertz CT molecular complexity index is 749. The molecule has 5 nitrogen and oxygen atoms in total. The first kappa shape index (κ1) is 10.3. The Balaban J connectivity index is 2.10. The van der Waals surface area contributed by atoms with Gasteiger partial charge in [0.15, 0.2) is 0 Å². The van der Waals surface area contributed by atoms with E-state index in [0.717, 1.165) is 16.7 Å². The third-order valence-electron chi connectivity index (χ3n) is 2.63. The molecule has 0 aliphatic heterocycles. The maximum atomic E-state index is 8.74. The van der Waals surface area contributed by atoms with Gasteiger partial charge in [-0.05, 0) is 42.5 Å². The summed E-state index contributed by atoms with van der Waals surface area (Å²) in [4.78, 5) is 1.53. The van der Waals surface area contributed by atoms with Crippen LogP contribution < -0.4 is 5.73 Å². The lowest BCUT2D eigenvalue weighted by Gasteiger charge is -1.97. The molecule has 5 heteroatoms. The van der Waals surface area contributed by atoms with Crippen LogP contribution >= 0.6 is 0 Å². The van der Waals surface area contributed by atoms with Gasteiger partial charge in [-0.15, -0.1) is 10.2 Å². The molecule has 0 radical (unpaired) electrons. The number of fused-ring (bicyclic) bond motifs is 1. The van der Waals surface area contributed by atoms with Crippen molar-refractivity contribution in [3.63, 3.8) is 0 Å². The monoisotopic (exact) mass is 235 g/mol. The molecule has 2 N–H and O–H groups in total. The van der Waals surface area contributed by atoms with Crippen molar-refractivity contribution in [2.75, 3.05) is 5.73 Å². The topological polar surface area (TPSA) is 80.5 Å². The van der Waals surface area contributed by atoms with E-state index in [9.17, 15) is 0 Å². The number of nitrogens with zero attached hydrogens (tertiary/aromatic N) is 4. The summed E-state index contributed by atoms with van der Waals surface area (Å²) in [7, 11) is 0. The van der Waals surface area contributed by atoms with Crippen LogP contribution in [0.4, 0.5) is 5.69 Å². The molecule has 0 aliphatic rings. The number of hydrogen-bond donors (Lipinski definition) is 1. The van der Waals surface area contributed by atoms with Gasteiger partial charge in [0.25, 0.3) is 0 Å². The molecule has 0 aliphatic carbocycles. The maximum Gasteiger partial charge on any atom is 0.115 e. The van der Waals surface area contributed by atoms with Crippen LogP contribution in [-0.4, -0.2) is 15.0 Å². The first-order chi connectivity index (χ1) is 8.76. The fourth-order valence-corrected chi connectivity index (χ4v) is 1.72. The molecular formula is C13H9N5. The van der Waals surface area contributed by atoms with Gasteiger partial charge >= 0.3 is 0 Å². The number of rotatable bonds is 1. The van der Waals surface area contributed by atoms with Gasteiger partial charge in [-0.3, -0.25) is 0 Å². The van der Waals surface area contributed by atoms with Crippen LogP contribution in [0.2, 0.25) is 0 Å². The van der Waals surface area contributed by atoms with Gasteiger partial charge in [-0.25, -0.2) is 0 Å². The van der Waals surface area contributed by atoms with Crippen LogP contribution in [0.15, 0.2) is 42.5 Å². The smallest absolute Gasteiger partial charge is 0.115 e. The zero-order chi connectivity index (χ0) is 12.5. The summed E-state index contributed by atoms with van der Waals surface area (Å²) in [5.74, 6) is 0. The summed E-state index contributed by atoms with van der Waals surface area (Å²) >= 11 is 0. The lowest BCUT2D eigenvalue weighted by Crippen LogP contribution is -1.97. The van der Waals surface area contributed by atoms with E-state index in [1.165, 1.54) is 4.80 Å². The minimum Gasteiger partial charge on any atom is -0.399 e. The third kappa shape index (κ3) is 1.66. The third-order valence-corrected chi connectivity index (χ3v) is 2.63. The Morgan fingerprint density at radius 3 is 2.44 bits per heavy atom. The van der Waals surface area contributed by atoms with E-state index < -0.39 is 0 Å². The Morgan fingerprint density at radius 1 is 1.00 bits per heavy atom. The van der Waals surface area contributed by atoms with E-state index >= 15 is 0 Å². The SMILES string of the molecule is N#Cc1ccc(-n2nc3ccc(N)cc3n2)cc1. The van der Waals surface area contributed by atoms with E-state index in [1.807, 2.05) is 6.07 Å². The molecule has 0 saturated heterocycles. The van der Waals surface area contributed by atoms with E-state index in [-0.39, 0.29) is 0 Å². The van der Waals surface area contributed by atoms with Crippen LogP contribution in [0, 0.1) is 11.3 Å². The van der Waals surface area contributed by atoms with Crippen molar-refractivity contribution in [2.45, 2.75) is 0 Å². The van der Waals surface area contributed by atoms with Crippen molar-refractivity contribution in [1.29, 1.82) is 5.26 Å². The summed E-state index contributed by atoms with van der Waals surface area (Å²) in [6, 6.07) is 14.6. The molecule has 0 atom stereocenters. The van der Waals surface area contributed by atoms with Gasteiger partial charge < -0.3 is 5.73 Å². The number of aromatic nitrogens is 3. The van der Waals surface area contributed by atoms with Crippen LogP contribution in [0.25, 0.3) is 16.7 Å². The van der Waals surface area contributed by atoms with Crippen molar-refractivity contribution in [3.05, 3.63) is 48.0 Å².